The molecule has 0 aliphatic carbocycles. The van der Waals surface area contributed by atoms with Crippen molar-refractivity contribution in [2.24, 2.45) is 11.7 Å². The van der Waals surface area contributed by atoms with Gasteiger partial charge < -0.3 is 10.8 Å². The van der Waals surface area contributed by atoms with Crippen LogP contribution in [-0.4, -0.2) is 38.9 Å². The first-order valence-corrected chi connectivity index (χ1v) is 10.7. The lowest BCUT2D eigenvalue weighted by molar-refractivity contribution is -0.138. The Morgan fingerprint density at radius 2 is 1.96 bits per heavy atom. The summed E-state index contributed by atoms with van der Waals surface area (Å²) in [6.07, 6.45) is 0.253. The summed E-state index contributed by atoms with van der Waals surface area (Å²) in [6.45, 7) is 5.65. The number of hydrogen-bond acceptors (Lipinski definition) is 6. The number of carboxylic acid groups (broad SMARTS) is 1. The van der Waals surface area contributed by atoms with E-state index in [2.05, 4.69) is 24.4 Å². The number of halogens is 1. The molecule has 148 valence electrons. The Bertz CT molecular complexity index is 729. The molecule has 7 nitrogen and oxygen atoms in total. The summed E-state index contributed by atoms with van der Waals surface area (Å²) in [6, 6.07) is 1.21. The van der Waals surface area contributed by atoms with E-state index in [1.54, 1.807) is 5.38 Å². The first-order chi connectivity index (χ1) is 11.8. The summed E-state index contributed by atoms with van der Waals surface area (Å²) in [7, 11) is -2.94. The molecule has 0 fully saturated rings. The maximum absolute atomic E-state index is 12.0. The fourth-order valence-electron chi connectivity index (χ4n) is 1.65. The van der Waals surface area contributed by atoms with Gasteiger partial charge >= 0.3 is 5.97 Å². The van der Waals surface area contributed by atoms with Gasteiger partial charge in [0.1, 0.15) is 9.99 Å². The highest BCUT2D eigenvalue weighted by Gasteiger charge is 2.14. The predicted octanol–water partition coefficient (Wildman–Crippen LogP) is 2.32. The summed E-state index contributed by atoms with van der Waals surface area (Å²) in [5.74, 6) is 2.32. The van der Waals surface area contributed by atoms with Crippen LogP contribution in [0, 0.1) is 5.92 Å². The van der Waals surface area contributed by atoms with Crippen molar-refractivity contribution in [3.05, 3.63) is 16.5 Å². The molecule has 26 heavy (non-hydrogen) atoms. The van der Waals surface area contributed by atoms with Crippen molar-refractivity contribution in [1.82, 2.24) is 4.72 Å². The number of thiophene rings is 1. The third kappa shape index (κ3) is 10.5. The largest absolute Gasteiger partial charge is 0.481 e. The van der Waals surface area contributed by atoms with Gasteiger partial charge in [-0.15, -0.1) is 11.3 Å². The number of ketones is 1. The molecule has 2 unspecified atom stereocenters. The van der Waals surface area contributed by atoms with Gasteiger partial charge in [-0.1, -0.05) is 25.4 Å². The molecule has 1 amide bonds. The molecule has 0 aliphatic rings. The molecule has 0 saturated heterocycles. The SMILES string of the molecule is C=S(=O)(NC(=O)CCC(=O)O)c1cc(Cl)cs1.CC(=O)C(N)CC(C)C. The number of nitrogens with one attached hydrogen (secondary N) is 1. The molecular formula is C16H25ClN2O5S2. The third-order valence-corrected chi connectivity index (χ3v) is 6.45. The molecule has 0 spiro atoms. The first-order valence-electron chi connectivity index (χ1n) is 7.74. The zero-order chi connectivity index (χ0) is 20.5. The Labute approximate surface area is 163 Å². The average Bonchev–Trinajstić information content (AvgIpc) is 2.92. The zero-order valence-corrected chi connectivity index (χ0v) is 17.4. The highest BCUT2D eigenvalue weighted by molar-refractivity contribution is 8.00. The maximum atomic E-state index is 12.0. The average molecular weight is 425 g/mol. The van der Waals surface area contributed by atoms with Crippen molar-refractivity contribution in [3.63, 3.8) is 0 Å². The lowest BCUT2D eigenvalue weighted by Gasteiger charge is -2.08. The van der Waals surface area contributed by atoms with E-state index < -0.39 is 21.6 Å². The van der Waals surface area contributed by atoms with E-state index >= 15 is 0 Å². The fourth-order valence-corrected chi connectivity index (χ4v) is 4.29. The van der Waals surface area contributed by atoms with Crippen molar-refractivity contribution in [1.29, 1.82) is 0 Å². The minimum Gasteiger partial charge on any atom is -0.481 e. The molecule has 0 bridgehead atoms. The molecule has 1 aromatic rings. The Morgan fingerprint density at radius 1 is 1.38 bits per heavy atom. The van der Waals surface area contributed by atoms with Gasteiger partial charge in [0.15, 0.2) is 0 Å². The minimum absolute atomic E-state index is 0.0868. The van der Waals surface area contributed by atoms with E-state index in [1.807, 2.05) is 0 Å². The number of rotatable bonds is 8. The maximum Gasteiger partial charge on any atom is 0.303 e. The van der Waals surface area contributed by atoms with Gasteiger partial charge in [-0.25, -0.2) is 4.21 Å². The fraction of sp³-hybridized carbons (Fsp3) is 0.500. The Hall–Kier alpha value is -1.42. The van der Waals surface area contributed by atoms with Gasteiger partial charge in [-0.05, 0) is 31.2 Å². The van der Waals surface area contributed by atoms with E-state index in [4.69, 9.17) is 22.4 Å². The monoisotopic (exact) mass is 424 g/mol. The third-order valence-electron chi connectivity index (χ3n) is 2.96. The van der Waals surface area contributed by atoms with Gasteiger partial charge in [-0.3, -0.25) is 19.1 Å². The molecule has 10 heteroatoms. The minimum atomic E-state index is -2.94. The second kappa shape index (κ2) is 11.3. The van der Waals surface area contributed by atoms with Crippen LogP contribution in [0.15, 0.2) is 15.7 Å². The van der Waals surface area contributed by atoms with Crippen LogP contribution in [-0.2, 0) is 24.1 Å². The van der Waals surface area contributed by atoms with Crippen molar-refractivity contribution in [2.45, 2.75) is 50.3 Å². The van der Waals surface area contributed by atoms with E-state index in [0.717, 1.165) is 17.8 Å². The van der Waals surface area contributed by atoms with Gasteiger partial charge in [0, 0.05) is 11.8 Å². The van der Waals surface area contributed by atoms with E-state index in [0.29, 0.717) is 15.1 Å². The standard InChI is InChI=1S/C9H10ClNO4S2.C7H15NO/c1-17(15,9-4-6(10)5-16-9)11-7(12)2-3-8(13)14;1-5(2)4-7(8)6(3)9/h4-5H,1-3H2,(H,13,14)(H,11,12,15);5,7H,4,8H2,1-3H3. The summed E-state index contributed by atoms with van der Waals surface area (Å²) in [5, 5.41) is 10.4. The van der Waals surface area contributed by atoms with E-state index in [1.165, 1.54) is 13.0 Å². The van der Waals surface area contributed by atoms with Gasteiger partial charge in [0.25, 0.3) is 0 Å². The van der Waals surface area contributed by atoms with Gasteiger partial charge in [-0.2, -0.15) is 0 Å². The summed E-state index contributed by atoms with van der Waals surface area (Å²) in [4.78, 5) is 32.1. The van der Waals surface area contributed by atoms with Crippen LogP contribution in [0.4, 0.5) is 0 Å². The number of carbonyl (C=O) groups is 3. The van der Waals surface area contributed by atoms with E-state index in [-0.39, 0.29) is 24.7 Å². The normalized spacial score (nSPS) is 13.9. The Morgan fingerprint density at radius 3 is 2.31 bits per heavy atom. The van der Waals surface area contributed by atoms with Crippen molar-refractivity contribution in [3.8, 4) is 0 Å². The van der Waals surface area contributed by atoms with Crippen LogP contribution >= 0.6 is 22.9 Å². The van der Waals surface area contributed by atoms with Crippen LogP contribution in [0.2, 0.25) is 5.02 Å². The Kier molecular flexibility index (Phi) is 10.7. The molecule has 1 aromatic heterocycles. The molecule has 4 N–H and O–H groups in total. The van der Waals surface area contributed by atoms with Crippen molar-refractivity contribution in [2.75, 3.05) is 0 Å². The number of hydrogen-bond donors (Lipinski definition) is 3. The molecule has 1 heterocycles. The lowest BCUT2D eigenvalue weighted by atomic mass is 10.0. The van der Waals surface area contributed by atoms with E-state index in [9.17, 15) is 18.6 Å². The first kappa shape index (κ1) is 24.6. The Balaban J connectivity index is 0.000000590. The molecule has 0 aromatic carbocycles. The quantitative estimate of drug-likeness (QED) is 0.549. The lowest BCUT2D eigenvalue weighted by Crippen LogP contribution is -2.30. The van der Waals surface area contributed by atoms with Crippen LogP contribution in [0.1, 0.15) is 40.0 Å². The highest BCUT2D eigenvalue weighted by Crippen LogP contribution is 2.23. The second-order valence-corrected chi connectivity index (χ2v) is 9.63. The highest BCUT2D eigenvalue weighted by atomic mass is 35.5. The van der Waals surface area contributed by atoms with Crippen molar-refractivity contribution < 1.29 is 23.7 Å². The molecule has 0 radical (unpaired) electrons. The molecular weight excluding hydrogens is 400 g/mol. The molecule has 2 atom stereocenters. The zero-order valence-electron chi connectivity index (χ0n) is 15.0. The molecule has 1 rings (SSSR count). The van der Waals surface area contributed by atoms with Crippen LogP contribution in [0.5, 0.6) is 0 Å². The number of Topliss-reactive ketones (excluding diaryl/α,β-unsaturated/α-hetero) is 1. The number of aliphatic carboxylic acids is 1. The molecule has 0 saturated carbocycles. The van der Waals surface area contributed by atoms with Crippen LogP contribution in [0.25, 0.3) is 0 Å². The van der Waals surface area contributed by atoms with Crippen molar-refractivity contribution >= 4 is 56.2 Å². The van der Waals surface area contributed by atoms with Gasteiger partial charge in [0.2, 0.25) is 5.91 Å². The van der Waals surface area contributed by atoms with Crippen LogP contribution < -0.4 is 10.5 Å². The smallest absolute Gasteiger partial charge is 0.303 e. The van der Waals surface area contributed by atoms with Crippen LogP contribution in [0.3, 0.4) is 0 Å². The molecule has 0 aliphatic heterocycles. The second-order valence-electron chi connectivity index (χ2n) is 6.02. The number of carbonyl (C=O) groups excluding carboxylic acids is 2. The van der Waals surface area contributed by atoms with Gasteiger partial charge in [0.05, 0.1) is 27.2 Å². The number of amides is 1. The predicted molar refractivity (Wildman–Crippen MR) is 106 cm³/mol. The number of carboxylic acids is 1. The summed E-state index contributed by atoms with van der Waals surface area (Å²) in [5.41, 5.74) is 5.47. The summed E-state index contributed by atoms with van der Waals surface area (Å²) >= 11 is 6.79. The summed E-state index contributed by atoms with van der Waals surface area (Å²) < 4.78 is 14.6. The topological polar surface area (TPSA) is 127 Å². The number of nitrogens with two attached hydrogens (primary N) is 1.